The zero-order chi connectivity index (χ0) is 8.72. The molecular formula is C7H2BrNO3. The van der Waals surface area contributed by atoms with Crippen LogP contribution < -0.4 is 0 Å². The zero-order valence-corrected chi connectivity index (χ0v) is 7.29. The van der Waals surface area contributed by atoms with E-state index in [1.54, 1.807) is 6.07 Å². The normalized spacial score (nSPS) is 14.4. The minimum atomic E-state index is -0.684. The topological polar surface area (TPSA) is 56.3 Å². The van der Waals surface area contributed by atoms with E-state index in [2.05, 4.69) is 25.7 Å². The highest BCUT2D eigenvalue weighted by atomic mass is 79.9. The SMILES string of the molecule is O=C1OC(=O)c2nc(Br)ccc21. The number of halogens is 1. The van der Waals surface area contributed by atoms with Gasteiger partial charge in [-0.3, -0.25) is 0 Å². The lowest BCUT2D eigenvalue weighted by Gasteiger charge is -1.90. The summed E-state index contributed by atoms with van der Waals surface area (Å²) in [5, 5.41) is 0. The van der Waals surface area contributed by atoms with Crippen LogP contribution in [0.15, 0.2) is 16.7 Å². The summed E-state index contributed by atoms with van der Waals surface area (Å²) in [7, 11) is 0. The van der Waals surface area contributed by atoms with E-state index in [1.807, 2.05) is 0 Å². The van der Waals surface area contributed by atoms with Crippen molar-refractivity contribution in [3.8, 4) is 0 Å². The van der Waals surface area contributed by atoms with Crippen LogP contribution in [-0.4, -0.2) is 16.9 Å². The number of pyridine rings is 1. The summed E-state index contributed by atoms with van der Waals surface area (Å²) in [5.41, 5.74) is 0.303. The van der Waals surface area contributed by atoms with Crippen molar-refractivity contribution in [2.45, 2.75) is 0 Å². The van der Waals surface area contributed by atoms with Gasteiger partial charge in [-0.15, -0.1) is 0 Å². The first-order chi connectivity index (χ1) is 5.68. The Labute approximate surface area is 75.7 Å². The van der Waals surface area contributed by atoms with E-state index < -0.39 is 11.9 Å². The van der Waals surface area contributed by atoms with Gasteiger partial charge >= 0.3 is 11.9 Å². The van der Waals surface area contributed by atoms with Crippen LogP contribution in [0.2, 0.25) is 0 Å². The molecule has 0 aliphatic carbocycles. The summed E-state index contributed by atoms with van der Waals surface area (Å²) in [4.78, 5) is 25.6. The highest BCUT2D eigenvalue weighted by molar-refractivity contribution is 9.10. The van der Waals surface area contributed by atoms with Gasteiger partial charge in [0.1, 0.15) is 4.60 Å². The Balaban J connectivity index is 2.68. The minimum absolute atomic E-state index is 0.0781. The van der Waals surface area contributed by atoms with Crippen molar-refractivity contribution in [2.75, 3.05) is 0 Å². The smallest absolute Gasteiger partial charge is 0.365 e. The minimum Gasteiger partial charge on any atom is -0.384 e. The second kappa shape index (κ2) is 2.38. The maximum absolute atomic E-state index is 10.9. The fraction of sp³-hybridized carbons (Fsp3) is 0. The molecule has 1 aromatic rings. The number of carbonyl (C=O) groups excluding carboxylic acids is 2. The van der Waals surface area contributed by atoms with Crippen molar-refractivity contribution in [3.63, 3.8) is 0 Å². The van der Waals surface area contributed by atoms with Crippen molar-refractivity contribution in [3.05, 3.63) is 28.0 Å². The van der Waals surface area contributed by atoms with Gasteiger partial charge in [-0.25, -0.2) is 14.6 Å². The maximum atomic E-state index is 10.9. The van der Waals surface area contributed by atoms with Gasteiger partial charge in [0.25, 0.3) is 0 Å². The van der Waals surface area contributed by atoms with E-state index in [0.29, 0.717) is 4.60 Å². The Kier molecular flexibility index (Phi) is 1.47. The molecule has 0 aromatic carbocycles. The second-order valence-corrected chi connectivity index (χ2v) is 3.02. The molecule has 60 valence electrons. The van der Waals surface area contributed by atoms with Crippen LogP contribution in [0.3, 0.4) is 0 Å². The lowest BCUT2D eigenvalue weighted by molar-refractivity contribution is 0.0441. The summed E-state index contributed by atoms with van der Waals surface area (Å²) in [6.45, 7) is 0. The molecule has 0 bridgehead atoms. The average Bonchev–Trinajstić information content (AvgIpc) is 2.28. The van der Waals surface area contributed by atoms with Gasteiger partial charge in [0.15, 0.2) is 5.69 Å². The van der Waals surface area contributed by atoms with E-state index in [0.717, 1.165) is 0 Å². The molecule has 12 heavy (non-hydrogen) atoms. The molecule has 0 fully saturated rings. The Morgan fingerprint density at radius 1 is 1.25 bits per heavy atom. The van der Waals surface area contributed by atoms with E-state index >= 15 is 0 Å². The highest BCUT2D eigenvalue weighted by Gasteiger charge is 2.30. The summed E-state index contributed by atoms with van der Waals surface area (Å²) in [6.07, 6.45) is 0. The molecule has 0 amide bonds. The van der Waals surface area contributed by atoms with Crippen molar-refractivity contribution < 1.29 is 14.3 Å². The summed E-state index contributed by atoms with van der Waals surface area (Å²) >= 11 is 3.08. The fourth-order valence-electron chi connectivity index (χ4n) is 0.943. The van der Waals surface area contributed by atoms with Crippen LogP contribution in [0.4, 0.5) is 0 Å². The number of hydrogen-bond donors (Lipinski definition) is 0. The Morgan fingerprint density at radius 3 is 2.75 bits per heavy atom. The fourth-order valence-corrected chi connectivity index (χ4v) is 1.25. The Hall–Kier alpha value is -1.23. The van der Waals surface area contributed by atoms with Gasteiger partial charge in [0, 0.05) is 0 Å². The first kappa shape index (κ1) is 7.42. The molecule has 4 nitrogen and oxygen atoms in total. The Morgan fingerprint density at radius 2 is 2.00 bits per heavy atom. The number of ether oxygens (including phenoxy) is 1. The largest absolute Gasteiger partial charge is 0.384 e. The number of carbonyl (C=O) groups is 2. The molecule has 0 radical (unpaired) electrons. The standard InChI is InChI=1S/C7H2BrNO3/c8-4-2-1-3-5(9-4)7(11)12-6(3)10/h1-2H. The molecule has 2 rings (SSSR count). The molecule has 0 spiro atoms. The van der Waals surface area contributed by atoms with Gasteiger partial charge in [0.05, 0.1) is 5.56 Å². The van der Waals surface area contributed by atoms with Gasteiger partial charge in [-0.05, 0) is 28.1 Å². The van der Waals surface area contributed by atoms with Gasteiger partial charge in [-0.1, -0.05) is 0 Å². The molecule has 5 heteroatoms. The lowest BCUT2D eigenvalue weighted by Crippen LogP contribution is -1.98. The van der Waals surface area contributed by atoms with Crippen LogP contribution >= 0.6 is 15.9 Å². The van der Waals surface area contributed by atoms with Crippen LogP contribution in [-0.2, 0) is 4.74 Å². The lowest BCUT2D eigenvalue weighted by atomic mass is 10.2. The molecule has 0 N–H and O–H groups in total. The number of aromatic nitrogens is 1. The van der Waals surface area contributed by atoms with Crippen molar-refractivity contribution in [2.24, 2.45) is 0 Å². The van der Waals surface area contributed by atoms with Gasteiger partial charge < -0.3 is 4.74 Å². The monoisotopic (exact) mass is 227 g/mol. The highest BCUT2D eigenvalue weighted by Crippen LogP contribution is 2.19. The molecular weight excluding hydrogens is 226 g/mol. The summed E-state index contributed by atoms with van der Waals surface area (Å²) in [5.74, 6) is -1.31. The zero-order valence-electron chi connectivity index (χ0n) is 5.70. The van der Waals surface area contributed by atoms with Crippen molar-refractivity contribution >= 4 is 27.9 Å². The number of hydrogen-bond acceptors (Lipinski definition) is 4. The molecule has 0 atom stereocenters. The molecule has 0 saturated carbocycles. The van der Waals surface area contributed by atoms with E-state index in [9.17, 15) is 9.59 Å². The molecule has 0 saturated heterocycles. The number of nitrogens with zero attached hydrogens (tertiary/aromatic N) is 1. The Bertz CT molecular complexity index is 388. The molecule has 2 heterocycles. The van der Waals surface area contributed by atoms with Gasteiger partial charge in [-0.2, -0.15) is 0 Å². The molecule has 0 unspecified atom stereocenters. The molecule has 1 aliphatic rings. The summed E-state index contributed by atoms with van der Waals surface area (Å²) < 4.78 is 4.83. The molecule has 1 aliphatic heterocycles. The average molecular weight is 228 g/mol. The van der Waals surface area contributed by atoms with Crippen LogP contribution in [0.5, 0.6) is 0 Å². The first-order valence-electron chi connectivity index (χ1n) is 3.11. The second-order valence-electron chi connectivity index (χ2n) is 2.21. The third-order valence-corrected chi connectivity index (χ3v) is 1.90. The van der Waals surface area contributed by atoms with Crippen molar-refractivity contribution in [1.29, 1.82) is 0 Å². The summed E-state index contributed by atoms with van der Waals surface area (Å²) in [6, 6.07) is 3.08. The maximum Gasteiger partial charge on any atom is 0.365 e. The number of cyclic esters (lactones) is 2. The van der Waals surface area contributed by atoms with E-state index in [1.165, 1.54) is 6.07 Å². The van der Waals surface area contributed by atoms with E-state index in [4.69, 9.17) is 0 Å². The number of esters is 2. The first-order valence-corrected chi connectivity index (χ1v) is 3.91. The van der Waals surface area contributed by atoms with Crippen LogP contribution in [0.1, 0.15) is 20.8 Å². The quantitative estimate of drug-likeness (QED) is 0.379. The van der Waals surface area contributed by atoms with Crippen LogP contribution in [0, 0.1) is 0 Å². The van der Waals surface area contributed by atoms with E-state index in [-0.39, 0.29) is 11.3 Å². The van der Waals surface area contributed by atoms with Crippen LogP contribution in [0.25, 0.3) is 0 Å². The number of rotatable bonds is 0. The van der Waals surface area contributed by atoms with Gasteiger partial charge in [0.2, 0.25) is 0 Å². The van der Waals surface area contributed by atoms with Crippen molar-refractivity contribution in [1.82, 2.24) is 4.98 Å². The molecule has 1 aromatic heterocycles. The predicted molar refractivity (Wildman–Crippen MR) is 41.7 cm³/mol. The third kappa shape index (κ3) is 0.937. The predicted octanol–water partition coefficient (Wildman–Crippen LogP) is 1.15. The number of fused-ring (bicyclic) bond motifs is 1. The third-order valence-electron chi connectivity index (χ3n) is 1.46.